The Balaban J connectivity index is 1.99. The van der Waals surface area contributed by atoms with Gasteiger partial charge in [-0.1, -0.05) is 24.3 Å². The van der Waals surface area contributed by atoms with Crippen LogP contribution in [-0.2, 0) is 10.0 Å². The fourth-order valence-electron chi connectivity index (χ4n) is 2.80. The van der Waals surface area contributed by atoms with Crippen LogP contribution in [0, 0.1) is 5.82 Å². The second-order valence-corrected chi connectivity index (χ2v) is 8.18. The first-order valence-electron chi connectivity index (χ1n) is 8.63. The number of guanidine groups is 1. The third-order valence-electron chi connectivity index (χ3n) is 4.15. The van der Waals surface area contributed by atoms with Gasteiger partial charge in [0.15, 0.2) is 5.11 Å². The first-order valence-corrected chi connectivity index (χ1v) is 10.5. The maximum atomic E-state index is 13.6. The van der Waals surface area contributed by atoms with Crippen molar-refractivity contribution < 1.29 is 12.8 Å². The number of nitrogens with one attached hydrogen (secondary N) is 1. The predicted octanol–water partition coefficient (Wildman–Crippen LogP) is 2.22. The minimum atomic E-state index is -3.96. The number of benzene rings is 2. The van der Waals surface area contributed by atoms with Crippen molar-refractivity contribution in [3.8, 4) is 0 Å². The molecule has 148 valence electrons. The Morgan fingerprint density at radius 3 is 2.43 bits per heavy atom. The van der Waals surface area contributed by atoms with Gasteiger partial charge < -0.3 is 10.6 Å². The molecule has 0 aromatic heterocycles. The maximum absolute atomic E-state index is 13.6. The second kappa shape index (κ2) is 8.53. The summed E-state index contributed by atoms with van der Waals surface area (Å²) >= 11 is 5.07. The molecule has 0 amide bonds. The standard InChI is InChI=1S/C18H20FN5O2S2/c19-14-7-6-8-15(13-14)24(17(20)27)21-18(23-11-4-5-12-23)22-28(25,26)16-9-2-1-3-10-16/h1-3,6-10,13H,4-5,11-12H2,(H2,20,27)(H,21,22). The van der Waals surface area contributed by atoms with Gasteiger partial charge in [-0.2, -0.15) is 8.42 Å². The van der Waals surface area contributed by atoms with E-state index in [-0.39, 0.29) is 16.0 Å². The Morgan fingerprint density at radius 1 is 1.14 bits per heavy atom. The number of likely N-dealkylation sites (tertiary alicyclic amines) is 1. The van der Waals surface area contributed by atoms with E-state index in [1.807, 2.05) is 0 Å². The number of hydrazine groups is 1. The summed E-state index contributed by atoms with van der Waals surface area (Å²) in [5, 5.41) is 1.13. The van der Waals surface area contributed by atoms with E-state index < -0.39 is 15.8 Å². The number of nitrogens with zero attached hydrogens (tertiary/aromatic N) is 3. The molecule has 0 aliphatic carbocycles. The molecule has 1 heterocycles. The fourth-order valence-corrected chi connectivity index (χ4v) is 3.94. The number of halogens is 1. The molecule has 2 aromatic rings. The molecule has 1 aliphatic rings. The van der Waals surface area contributed by atoms with Crippen molar-refractivity contribution in [2.24, 2.45) is 10.1 Å². The van der Waals surface area contributed by atoms with E-state index in [9.17, 15) is 12.8 Å². The largest absolute Gasteiger partial charge is 0.374 e. The van der Waals surface area contributed by atoms with Crippen LogP contribution < -0.4 is 16.2 Å². The van der Waals surface area contributed by atoms with E-state index >= 15 is 0 Å². The number of nitrogens with two attached hydrogens (primary N) is 1. The van der Waals surface area contributed by atoms with Crippen LogP contribution in [0.25, 0.3) is 0 Å². The van der Waals surface area contributed by atoms with E-state index in [1.54, 1.807) is 29.2 Å². The lowest BCUT2D eigenvalue weighted by molar-refractivity contribution is 0.496. The monoisotopic (exact) mass is 421 g/mol. The third kappa shape index (κ3) is 4.76. The molecule has 0 atom stereocenters. The number of hydrogen-bond donors (Lipinski definition) is 2. The lowest BCUT2D eigenvalue weighted by Gasteiger charge is -2.29. The Morgan fingerprint density at radius 2 is 1.82 bits per heavy atom. The van der Waals surface area contributed by atoms with Gasteiger partial charge in [0, 0.05) is 13.1 Å². The smallest absolute Gasteiger partial charge is 0.285 e. The van der Waals surface area contributed by atoms with Crippen molar-refractivity contribution in [2.45, 2.75) is 17.7 Å². The molecule has 1 aliphatic heterocycles. The van der Waals surface area contributed by atoms with Crippen molar-refractivity contribution >= 4 is 39.0 Å². The highest BCUT2D eigenvalue weighted by Crippen LogP contribution is 2.17. The highest BCUT2D eigenvalue weighted by atomic mass is 32.2. The van der Waals surface area contributed by atoms with Crippen LogP contribution in [0.1, 0.15) is 12.8 Å². The summed E-state index contributed by atoms with van der Waals surface area (Å²) < 4.78 is 43.1. The summed E-state index contributed by atoms with van der Waals surface area (Å²) in [4.78, 5) is 1.87. The van der Waals surface area contributed by atoms with E-state index in [2.05, 4.69) is 9.82 Å². The predicted molar refractivity (Wildman–Crippen MR) is 111 cm³/mol. The van der Waals surface area contributed by atoms with Crippen LogP contribution in [0.2, 0.25) is 0 Å². The molecule has 0 saturated carbocycles. The average molecular weight is 422 g/mol. The van der Waals surface area contributed by atoms with Gasteiger partial charge >= 0.3 is 0 Å². The van der Waals surface area contributed by atoms with E-state index in [4.69, 9.17) is 18.0 Å². The van der Waals surface area contributed by atoms with Crippen molar-refractivity contribution in [1.82, 2.24) is 10.3 Å². The Kier molecular flexibility index (Phi) is 6.10. The maximum Gasteiger partial charge on any atom is 0.285 e. The summed E-state index contributed by atoms with van der Waals surface area (Å²) in [7, 11) is -3.96. The molecule has 0 spiro atoms. The van der Waals surface area contributed by atoms with Crippen LogP contribution >= 0.6 is 12.2 Å². The van der Waals surface area contributed by atoms with E-state index in [0.29, 0.717) is 18.8 Å². The van der Waals surface area contributed by atoms with Gasteiger partial charge in [0.1, 0.15) is 5.82 Å². The summed E-state index contributed by atoms with van der Waals surface area (Å²) in [6, 6.07) is 13.5. The van der Waals surface area contributed by atoms with Crippen LogP contribution in [0.4, 0.5) is 10.1 Å². The minimum absolute atomic E-state index is 0.0705. The van der Waals surface area contributed by atoms with Crippen LogP contribution in [0.5, 0.6) is 0 Å². The molecule has 3 rings (SSSR count). The van der Waals surface area contributed by atoms with Crippen LogP contribution in [0.3, 0.4) is 0 Å². The van der Waals surface area contributed by atoms with Crippen molar-refractivity contribution in [2.75, 3.05) is 18.1 Å². The summed E-state index contributed by atoms with van der Waals surface area (Å²) in [6.45, 7) is 1.26. The Labute approximate surface area is 168 Å². The van der Waals surface area contributed by atoms with E-state index in [1.165, 1.54) is 35.3 Å². The number of thiocarbonyl (C=S) groups is 1. The first-order chi connectivity index (χ1) is 13.4. The van der Waals surface area contributed by atoms with Gasteiger partial charge in [0.05, 0.1) is 10.6 Å². The lowest BCUT2D eigenvalue weighted by atomic mass is 10.3. The quantitative estimate of drug-likeness (QED) is 0.340. The third-order valence-corrected chi connectivity index (χ3v) is 5.62. The minimum Gasteiger partial charge on any atom is -0.374 e. The topological polar surface area (TPSA) is 91.0 Å². The average Bonchev–Trinajstić information content (AvgIpc) is 3.20. The fraction of sp³-hybridized carbons (Fsp3) is 0.222. The molecular weight excluding hydrogens is 401 g/mol. The molecule has 0 unspecified atom stereocenters. The number of rotatable bonds is 3. The van der Waals surface area contributed by atoms with Gasteiger partial charge in [-0.05, 0) is 55.4 Å². The summed E-state index contributed by atoms with van der Waals surface area (Å²) in [5.41, 5.74) is 8.98. The molecule has 2 aromatic carbocycles. The lowest BCUT2D eigenvalue weighted by Crippen LogP contribution is -2.54. The number of sulfonamides is 1. The second-order valence-electron chi connectivity index (χ2n) is 6.16. The molecular formula is C18H20FN5O2S2. The van der Waals surface area contributed by atoms with E-state index in [0.717, 1.165) is 12.8 Å². The molecule has 1 fully saturated rings. The summed E-state index contributed by atoms with van der Waals surface area (Å²) in [5.74, 6) is -0.393. The normalized spacial score (nSPS) is 14.8. The van der Waals surface area contributed by atoms with Crippen molar-refractivity contribution in [1.29, 1.82) is 0 Å². The Hall–Kier alpha value is -2.72. The highest BCUT2D eigenvalue weighted by Gasteiger charge is 2.24. The zero-order valence-corrected chi connectivity index (χ0v) is 16.6. The van der Waals surface area contributed by atoms with Gasteiger partial charge in [0.25, 0.3) is 10.0 Å². The molecule has 1 saturated heterocycles. The molecule has 10 heteroatoms. The first kappa shape index (κ1) is 20.0. The highest BCUT2D eigenvalue weighted by molar-refractivity contribution is 7.90. The number of hydrogen-bond acceptors (Lipinski definition) is 3. The SMILES string of the molecule is NC(=S)N(N/C(=N/S(=O)(=O)c1ccccc1)N1CCCC1)c1cccc(F)c1. The van der Waals surface area contributed by atoms with Crippen LogP contribution in [-0.4, -0.2) is 37.5 Å². The Bertz CT molecular complexity index is 976. The zero-order valence-electron chi connectivity index (χ0n) is 15.0. The zero-order chi connectivity index (χ0) is 20.1. The molecule has 0 radical (unpaired) electrons. The molecule has 0 bridgehead atoms. The number of anilines is 1. The molecule has 28 heavy (non-hydrogen) atoms. The van der Waals surface area contributed by atoms with Gasteiger partial charge in [0.2, 0.25) is 5.96 Å². The summed E-state index contributed by atoms with van der Waals surface area (Å²) in [6.07, 6.45) is 1.80. The van der Waals surface area contributed by atoms with Crippen molar-refractivity contribution in [3.63, 3.8) is 0 Å². The van der Waals surface area contributed by atoms with Gasteiger partial charge in [-0.15, -0.1) is 4.40 Å². The van der Waals surface area contributed by atoms with Crippen molar-refractivity contribution in [3.05, 3.63) is 60.4 Å². The molecule has 7 nitrogen and oxygen atoms in total. The molecule has 3 N–H and O–H groups in total. The van der Waals surface area contributed by atoms with Gasteiger partial charge in [-0.3, -0.25) is 5.43 Å². The van der Waals surface area contributed by atoms with Crippen LogP contribution in [0.15, 0.2) is 63.9 Å². The van der Waals surface area contributed by atoms with Gasteiger partial charge in [-0.25, -0.2) is 9.40 Å².